The highest BCUT2D eigenvalue weighted by Crippen LogP contribution is 2.21. The SMILES string of the molecule is Cc1cc(=O)oc2cc(N(C)C)ccc12.Cl. The average molecular weight is 240 g/mol. The lowest BCUT2D eigenvalue weighted by Crippen LogP contribution is -2.08. The molecule has 0 fully saturated rings. The molecule has 16 heavy (non-hydrogen) atoms. The average Bonchev–Trinajstić information content (AvgIpc) is 2.16. The molecule has 0 unspecified atom stereocenters. The van der Waals surface area contributed by atoms with Crippen LogP contribution in [0.1, 0.15) is 5.56 Å². The van der Waals surface area contributed by atoms with E-state index in [0.717, 1.165) is 16.6 Å². The molecule has 3 nitrogen and oxygen atoms in total. The van der Waals surface area contributed by atoms with Crippen LogP contribution in [-0.2, 0) is 0 Å². The lowest BCUT2D eigenvalue weighted by atomic mass is 10.1. The molecule has 0 saturated heterocycles. The predicted molar refractivity (Wildman–Crippen MR) is 68.8 cm³/mol. The maximum atomic E-state index is 11.2. The smallest absolute Gasteiger partial charge is 0.336 e. The monoisotopic (exact) mass is 239 g/mol. The highest BCUT2D eigenvalue weighted by atomic mass is 35.5. The number of hydrogen-bond acceptors (Lipinski definition) is 3. The summed E-state index contributed by atoms with van der Waals surface area (Å²) in [7, 11) is 3.91. The molecule has 1 heterocycles. The maximum Gasteiger partial charge on any atom is 0.336 e. The van der Waals surface area contributed by atoms with Crippen LogP contribution in [0, 0.1) is 6.92 Å². The van der Waals surface area contributed by atoms with Crippen molar-refractivity contribution in [2.45, 2.75) is 6.92 Å². The maximum absolute atomic E-state index is 11.2. The summed E-state index contributed by atoms with van der Waals surface area (Å²) in [5, 5.41) is 0.986. The molecule has 2 aromatic rings. The molecule has 0 radical (unpaired) electrons. The zero-order valence-electron chi connectivity index (χ0n) is 9.48. The van der Waals surface area contributed by atoms with E-state index in [-0.39, 0.29) is 18.0 Å². The van der Waals surface area contributed by atoms with Gasteiger partial charge in [0.05, 0.1) is 0 Å². The molecule has 1 aromatic carbocycles. The standard InChI is InChI=1S/C12H13NO2.ClH/c1-8-6-12(14)15-11-7-9(13(2)3)4-5-10(8)11;/h4-7H,1-3H3;1H. The molecule has 4 heteroatoms. The Hall–Kier alpha value is -1.48. The summed E-state index contributed by atoms with van der Waals surface area (Å²) >= 11 is 0. The lowest BCUT2D eigenvalue weighted by molar-refractivity contribution is 0.560. The van der Waals surface area contributed by atoms with Crippen molar-refractivity contribution in [2.75, 3.05) is 19.0 Å². The van der Waals surface area contributed by atoms with E-state index in [1.165, 1.54) is 6.07 Å². The molecule has 1 aromatic heterocycles. The van der Waals surface area contributed by atoms with Crippen LogP contribution in [0.25, 0.3) is 11.0 Å². The summed E-state index contributed by atoms with van der Waals surface area (Å²) in [6.45, 7) is 1.91. The van der Waals surface area contributed by atoms with Crippen LogP contribution in [0.15, 0.2) is 33.5 Å². The van der Waals surface area contributed by atoms with E-state index in [4.69, 9.17) is 4.42 Å². The number of rotatable bonds is 1. The molecule has 0 atom stereocenters. The van der Waals surface area contributed by atoms with Crippen LogP contribution in [-0.4, -0.2) is 14.1 Å². The second kappa shape index (κ2) is 4.58. The number of anilines is 1. The van der Waals surface area contributed by atoms with Crippen molar-refractivity contribution < 1.29 is 4.42 Å². The van der Waals surface area contributed by atoms with Crippen LogP contribution in [0.4, 0.5) is 5.69 Å². The summed E-state index contributed by atoms with van der Waals surface area (Å²) in [5.41, 5.74) is 2.32. The van der Waals surface area contributed by atoms with Gasteiger partial charge in [0.2, 0.25) is 0 Å². The Labute approximate surface area is 100 Å². The molecule has 0 N–H and O–H groups in total. The molecule has 0 aliphatic heterocycles. The largest absolute Gasteiger partial charge is 0.423 e. The van der Waals surface area contributed by atoms with Crippen molar-refractivity contribution in [3.8, 4) is 0 Å². The first-order valence-electron chi connectivity index (χ1n) is 4.80. The van der Waals surface area contributed by atoms with E-state index < -0.39 is 0 Å². The molecular weight excluding hydrogens is 226 g/mol. The van der Waals surface area contributed by atoms with Crippen LogP contribution >= 0.6 is 12.4 Å². The molecule has 0 aliphatic rings. The fourth-order valence-corrected chi connectivity index (χ4v) is 1.59. The van der Waals surface area contributed by atoms with Gasteiger partial charge in [0.15, 0.2) is 0 Å². The van der Waals surface area contributed by atoms with Crippen molar-refractivity contribution in [3.63, 3.8) is 0 Å². The zero-order chi connectivity index (χ0) is 11.0. The van der Waals surface area contributed by atoms with E-state index >= 15 is 0 Å². The minimum atomic E-state index is -0.295. The van der Waals surface area contributed by atoms with E-state index in [9.17, 15) is 4.79 Å². The molecule has 86 valence electrons. The molecule has 0 amide bonds. The number of halogens is 1. The van der Waals surface area contributed by atoms with Gasteiger partial charge < -0.3 is 9.32 Å². The van der Waals surface area contributed by atoms with Crippen molar-refractivity contribution in [1.29, 1.82) is 0 Å². The number of nitrogens with zero attached hydrogens (tertiary/aromatic N) is 1. The number of aryl methyl sites for hydroxylation is 1. The minimum Gasteiger partial charge on any atom is -0.423 e. The lowest BCUT2D eigenvalue weighted by Gasteiger charge is -2.12. The van der Waals surface area contributed by atoms with E-state index in [2.05, 4.69) is 0 Å². The fraction of sp³-hybridized carbons (Fsp3) is 0.250. The van der Waals surface area contributed by atoms with Crippen molar-refractivity contribution in [3.05, 3.63) is 40.2 Å². The summed E-state index contributed by atoms with van der Waals surface area (Å²) in [5.74, 6) is 0. The van der Waals surface area contributed by atoms with Crippen molar-refractivity contribution in [1.82, 2.24) is 0 Å². The molecule has 2 rings (SSSR count). The molecule has 0 saturated carbocycles. The van der Waals surface area contributed by atoms with Crippen molar-refractivity contribution in [2.24, 2.45) is 0 Å². The van der Waals surface area contributed by atoms with Gasteiger partial charge in [0, 0.05) is 37.3 Å². The highest BCUT2D eigenvalue weighted by Gasteiger charge is 2.03. The predicted octanol–water partition coefficient (Wildman–Crippen LogP) is 2.59. The molecular formula is C12H14ClNO2. The first-order valence-corrected chi connectivity index (χ1v) is 4.80. The number of hydrogen-bond donors (Lipinski definition) is 0. The zero-order valence-corrected chi connectivity index (χ0v) is 10.3. The minimum absolute atomic E-state index is 0. The second-order valence-electron chi connectivity index (χ2n) is 3.82. The van der Waals surface area contributed by atoms with E-state index in [1.54, 1.807) is 0 Å². The third-order valence-electron chi connectivity index (χ3n) is 2.45. The Morgan fingerprint density at radius 3 is 2.50 bits per heavy atom. The summed E-state index contributed by atoms with van der Waals surface area (Å²) in [4.78, 5) is 13.2. The topological polar surface area (TPSA) is 33.5 Å². The van der Waals surface area contributed by atoms with Gasteiger partial charge in [-0.3, -0.25) is 0 Å². The van der Waals surface area contributed by atoms with E-state index in [1.807, 2.05) is 44.1 Å². The quantitative estimate of drug-likeness (QED) is 0.718. The Balaban J connectivity index is 0.00000128. The van der Waals surface area contributed by atoms with Gasteiger partial charge in [-0.25, -0.2) is 4.79 Å². The van der Waals surface area contributed by atoms with Crippen LogP contribution in [0.2, 0.25) is 0 Å². The van der Waals surface area contributed by atoms with Crippen LogP contribution < -0.4 is 10.5 Å². The van der Waals surface area contributed by atoms with Gasteiger partial charge in [-0.2, -0.15) is 0 Å². The fourth-order valence-electron chi connectivity index (χ4n) is 1.59. The van der Waals surface area contributed by atoms with Gasteiger partial charge in [-0.1, -0.05) is 0 Å². The summed E-state index contributed by atoms with van der Waals surface area (Å²) < 4.78 is 5.15. The number of fused-ring (bicyclic) bond motifs is 1. The molecule has 0 spiro atoms. The normalized spacial score (nSPS) is 9.94. The second-order valence-corrected chi connectivity index (χ2v) is 3.82. The van der Waals surface area contributed by atoms with Gasteiger partial charge >= 0.3 is 5.63 Å². The molecule has 0 aliphatic carbocycles. The van der Waals surface area contributed by atoms with Gasteiger partial charge in [0.25, 0.3) is 0 Å². The van der Waals surface area contributed by atoms with Crippen molar-refractivity contribution >= 4 is 29.1 Å². The summed E-state index contributed by atoms with van der Waals surface area (Å²) in [6, 6.07) is 7.37. The Bertz CT molecular complexity index is 560. The first kappa shape index (κ1) is 12.6. The summed E-state index contributed by atoms with van der Waals surface area (Å²) in [6.07, 6.45) is 0. The third-order valence-corrected chi connectivity index (χ3v) is 2.45. The van der Waals surface area contributed by atoms with Gasteiger partial charge in [-0.15, -0.1) is 12.4 Å². The van der Waals surface area contributed by atoms with Crippen LogP contribution in [0.5, 0.6) is 0 Å². The van der Waals surface area contributed by atoms with E-state index in [0.29, 0.717) is 5.58 Å². The number of benzene rings is 1. The first-order chi connectivity index (χ1) is 7.08. The Kier molecular flexibility index (Phi) is 3.60. The third kappa shape index (κ3) is 2.19. The Morgan fingerprint density at radius 1 is 1.19 bits per heavy atom. The van der Waals surface area contributed by atoms with Gasteiger partial charge in [-0.05, 0) is 24.6 Å². The van der Waals surface area contributed by atoms with Gasteiger partial charge in [0.1, 0.15) is 5.58 Å². The Morgan fingerprint density at radius 2 is 1.88 bits per heavy atom. The van der Waals surface area contributed by atoms with Crippen LogP contribution in [0.3, 0.4) is 0 Å². The highest BCUT2D eigenvalue weighted by molar-refractivity contribution is 5.85. The molecule has 0 bridgehead atoms.